The Kier molecular flexibility index (Phi) is 6.08. The average Bonchev–Trinajstić information content (AvgIpc) is 2.80. The van der Waals surface area contributed by atoms with E-state index in [2.05, 4.69) is 31.7 Å². The zero-order chi connectivity index (χ0) is 23.6. The van der Waals surface area contributed by atoms with Gasteiger partial charge in [-0.1, -0.05) is 6.58 Å². The lowest BCUT2D eigenvalue weighted by Crippen LogP contribution is -2.30. The van der Waals surface area contributed by atoms with Gasteiger partial charge in [-0.2, -0.15) is 13.2 Å². The number of nitrogens with zero attached hydrogens (tertiary/aromatic N) is 4. The van der Waals surface area contributed by atoms with Crippen molar-refractivity contribution < 1.29 is 13.2 Å². The Balaban J connectivity index is 1.67. The second-order valence-corrected chi connectivity index (χ2v) is 7.83. The van der Waals surface area contributed by atoms with Gasteiger partial charge in [0.25, 0.3) is 0 Å². The van der Waals surface area contributed by atoms with Crippen molar-refractivity contribution in [2.75, 3.05) is 34.8 Å². The van der Waals surface area contributed by atoms with Crippen LogP contribution in [-0.2, 0) is 6.18 Å². The summed E-state index contributed by atoms with van der Waals surface area (Å²) in [5.41, 5.74) is 13.1. The van der Waals surface area contributed by atoms with Gasteiger partial charge < -0.3 is 21.7 Å². The van der Waals surface area contributed by atoms with Crippen LogP contribution in [0, 0.1) is 0 Å². The fourth-order valence-electron chi connectivity index (χ4n) is 3.89. The summed E-state index contributed by atoms with van der Waals surface area (Å²) in [6.45, 7) is 5.90. The normalized spacial score (nSPS) is 14.2. The molecule has 4 heterocycles. The van der Waals surface area contributed by atoms with Crippen molar-refractivity contribution in [2.45, 2.75) is 25.4 Å². The molecule has 7 nitrogen and oxygen atoms in total. The molecule has 0 spiro atoms. The SMILES string of the molecule is C=C(Nc1cnccc1N1CCCCC1)c1nc(-c2cnc(N)cc2C(F)(F)F)ccc1N. The van der Waals surface area contributed by atoms with Gasteiger partial charge in [0.05, 0.1) is 40.2 Å². The molecule has 0 saturated carbocycles. The van der Waals surface area contributed by atoms with Crippen LogP contribution in [0.5, 0.6) is 0 Å². The molecule has 1 aliphatic heterocycles. The van der Waals surface area contributed by atoms with Crippen molar-refractivity contribution in [3.8, 4) is 11.3 Å². The number of pyridine rings is 3. The van der Waals surface area contributed by atoms with Gasteiger partial charge >= 0.3 is 6.18 Å². The lowest BCUT2D eigenvalue weighted by atomic mass is 10.0. The number of hydrogen-bond acceptors (Lipinski definition) is 7. The first-order valence-corrected chi connectivity index (χ1v) is 10.5. The van der Waals surface area contributed by atoms with Gasteiger partial charge in [0, 0.05) is 31.0 Å². The van der Waals surface area contributed by atoms with Gasteiger partial charge in [0.15, 0.2) is 0 Å². The number of nitrogens with two attached hydrogens (primary N) is 2. The van der Waals surface area contributed by atoms with Gasteiger partial charge in [-0.25, -0.2) is 9.97 Å². The first-order chi connectivity index (χ1) is 15.7. The van der Waals surface area contributed by atoms with Crippen molar-refractivity contribution in [2.24, 2.45) is 0 Å². The topological polar surface area (TPSA) is 106 Å². The first-order valence-electron chi connectivity index (χ1n) is 10.5. The predicted molar refractivity (Wildman–Crippen MR) is 124 cm³/mol. The third-order valence-electron chi connectivity index (χ3n) is 5.50. The molecular weight excluding hydrogens is 431 g/mol. The van der Waals surface area contributed by atoms with Crippen LogP contribution in [0.1, 0.15) is 30.5 Å². The molecule has 0 aromatic carbocycles. The molecule has 0 amide bonds. The van der Waals surface area contributed by atoms with Crippen LogP contribution in [0.4, 0.5) is 36.1 Å². The van der Waals surface area contributed by atoms with Crippen LogP contribution in [-0.4, -0.2) is 28.0 Å². The van der Waals surface area contributed by atoms with Crippen molar-refractivity contribution in [1.82, 2.24) is 15.0 Å². The zero-order valence-electron chi connectivity index (χ0n) is 17.9. The Hall–Kier alpha value is -3.82. The highest BCUT2D eigenvalue weighted by Crippen LogP contribution is 2.38. The summed E-state index contributed by atoms with van der Waals surface area (Å²) in [5, 5.41) is 3.20. The molecule has 0 aliphatic carbocycles. The monoisotopic (exact) mass is 455 g/mol. The maximum Gasteiger partial charge on any atom is 0.417 e. The van der Waals surface area contributed by atoms with Crippen LogP contribution >= 0.6 is 0 Å². The van der Waals surface area contributed by atoms with Crippen molar-refractivity contribution in [1.29, 1.82) is 0 Å². The number of halogens is 3. The molecular formula is C23H24F3N7. The van der Waals surface area contributed by atoms with E-state index in [4.69, 9.17) is 11.5 Å². The molecule has 1 fully saturated rings. The summed E-state index contributed by atoms with van der Waals surface area (Å²) in [6.07, 6.45) is 3.26. The number of nitrogen functional groups attached to an aromatic ring is 2. The highest BCUT2D eigenvalue weighted by Gasteiger charge is 2.34. The van der Waals surface area contributed by atoms with Crippen molar-refractivity contribution >= 4 is 28.6 Å². The predicted octanol–water partition coefficient (Wildman–Crippen LogP) is 4.79. The molecule has 3 aromatic rings. The molecule has 3 aromatic heterocycles. The Morgan fingerprint density at radius 2 is 1.82 bits per heavy atom. The minimum atomic E-state index is -4.62. The van der Waals surface area contributed by atoms with Gasteiger partial charge in [0.2, 0.25) is 0 Å². The first kappa shape index (κ1) is 22.4. The Bertz CT molecular complexity index is 1170. The number of aromatic nitrogens is 3. The lowest BCUT2D eigenvalue weighted by Gasteiger charge is -2.30. The Labute approximate surface area is 189 Å². The maximum atomic E-state index is 13.6. The van der Waals surface area contributed by atoms with E-state index in [-0.39, 0.29) is 28.5 Å². The molecule has 5 N–H and O–H groups in total. The van der Waals surface area contributed by atoms with Crippen LogP contribution in [0.3, 0.4) is 0 Å². The van der Waals surface area contributed by atoms with Gasteiger partial charge in [0.1, 0.15) is 11.5 Å². The highest BCUT2D eigenvalue weighted by atomic mass is 19.4. The number of rotatable bonds is 5. The molecule has 0 unspecified atom stereocenters. The van der Waals surface area contributed by atoms with E-state index in [1.807, 2.05) is 6.07 Å². The van der Waals surface area contributed by atoms with E-state index in [1.54, 1.807) is 12.4 Å². The van der Waals surface area contributed by atoms with Crippen LogP contribution in [0.2, 0.25) is 0 Å². The number of piperidine rings is 1. The number of nitrogens with one attached hydrogen (secondary N) is 1. The van der Waals surface area contributed by atoms with E-state index >= 15 is 0 Å². The summed E-state index contributed by atoms with van der Waals surface area (Å²) in [4.78, 5) is 14.7. The summed E-state index contributed by atoms with van der Waals surface area (Å²) in [5.74, 6) is -0.227. The second-order valence-electron chi connectivity index (χ2n) is 7.83. The van der Waals surface area contributed by atoms with Crippen LogP contribution in [0.25, 0.3) is 17.0 Å². The molecule has 0 radical (unpaired) electrons. The maximum absolute atomic E-state index is 13.6. The molecule has 0 atom stereocenters. The number of alkyl halides is 3. The summed E-state index contributed by atoms with van der Waals surface area (Å²) >= 11 is 0. The molecule has 4 rings (SSSR count). The average molecular weight is 455 g/mol. The van der Waals surface area contributed by atoms with E-state index in [0.29, 0.717) is 5.70 Å². The van der Waals surface area contributed by atoms with Gasteiger partial charge in [-0.15, -0.1) is 0 Å². The van der Waals surface area contributed by atoms with Crippen molar-refractivity contribution in [3.05, 3.63) is 60.7 Å². The minimum absolute atomic E-state index is 0.0596. The van der Waals surface area contributed by atoms with Crippen LogP contribution in [0.15, 0.2) is 49.4 Å². The highest BCUT2D eigenvalue weighted by molar-refractivity contribution is 5.85. The van der Waals surface area contributed by atoms with E-state index < -0.39 is 11.7 Å². The third kappa shape index (κ3) is 4.84. The van der Waals surface area contributed by atoms with Crippen LogP contribution < -0.4 is 21.7 Å². The quantitative estimate of drug-likeness (QED) is 0.508. The molecule has 0 bridgehead atoms. The zero-order valence-corrected chi connectivity index (χ0v) is 17.9. The van der Waals surface area contributed by atoms with E-state index in [1.165, 1.54) is 18.6 Å². The number of anilines is 4. The van der Waals surface area contributed by atoms with E-state index in [9.17, 15) is 13.2 Å². The smallest absolute Gasteiger partial charge is 0.397 e. The summed E-state index contributed by atoms with van der Waals surface area (Å²) in [6, 6.07) is 5.62. The molecule has 1 saturated heterocycles. The minimum Gasteiger partial charge on any atom is -0.397 e. The second kappa shape index (κ2) is 8.97. The Morgan fingerprint density at radius 3 is 2.55 bits per heavy atom. The summed E-state index contributed by atoms with van der Waals surface area (Å²) < 4.78 is 40.8. The van der Waals surface area contributed by atoms with Crippen molar-refractivity contribution in [3.63, 3.8) is 0 Å². The van der Waals surface area contributed by atoms with E-state index in [0.717, 1.165) is 49.6 Å². The lowest BCUT2D eigenvalue weighted by molar-refractivity contribution is -0.137. The molecule has 10 heteroatoms. The van der Waals surface area contributed by atoms with Gasteiger partial charge in [-0.05, 0) is 43.5 Å². The Morgan fingerprint density at radius 1 is 1.06 bits per heavy atom. The third-order valence-corrected chi connectivity index (χ3v) is 5.50. The molecule has 1 aliphatic rings. The fraction of sp³-hybridized carbons (Fsp3) is 0.261. The molecule has 33 heavy (non-hydrogen) atoms. The largest absolute Gasteiger partial charge is 0.417 e. The number of hydrogen-bond donors (Lipinski definition) is 3. The molecule has 172 valence electrons. The fourth-order valence-corrected chi connectivity index (χ4v) is 3.89. The van der Waals surface area contributed by atoms with Gasteiger partial charge in [-0.3, -0.25) is 4.98 Å². The standard InChI is InChI=1S/C23H24F3N7/c1-14(31-19-13-29-8-7-20(19)33-9-3-2-4-10-33)22-17(27)5-6-18(32-22)15-12-30-21(28)11-16(15)23(24,25)26/h5-8,11-13,31H,1-4,9-10,27H2,(H2,28,30). The summed E-state index contributed by atoms with van der Waals surface area (Å²) in [7, 11) is 0.